The van der Waals surface area contributed by atoms with Gasteiger partial charge < -0.3 is 4.74 Å². The second kappa shape index (κ2) is 2.48. The fourth-order valence-electron chi connectivity index (χ4n) is 0.507. The minimum absolute atomic E-state index is 0.446. The van der Waals surface area contributed by atoms with Crippen LogP contribution in [0.3, 0.4) is 0 Å². The Kier molecular flexibility index (Phi) is 1.88. The predicted octanol–water partition coefficient (Wildman–Crippen LogP) is 1.34. The summed E-state index contributed by atoms with van der Waals surface area (Å²) in [6, 6.07) is 0. The second-order valence-corrected chi connectivity index (χ2v) is 2.66. The van der Waals surface area contributed by atoms with Gasteiger partial charge in [0.15, 0.2) is 0 Å². The smallest absolute Gasteiger partial charge is 0.0648 e. The van der Waals surface area contributed by atoms with Crippen LogP contribution in [-0.4, -0.2) is 18.0 Å². The van der Waals surface area contributed by atoms with E-state index in [1.165, 1.54) is 0 Å². The van der Waals surface area contributed by atoms with Crippen LogP contribution in [0.5, 0.6) is 0 Å². The fourth-order valence-corrected chi connectivity index (χ4v) is 0.910. The van der Waals surface area contributed by atoms with E-state index in [1.807, 2.05) is 6.08 Å². The Morgan fingerprint density at radius 1 is 1.71 bits per heavy atom. The zero-order valence-electron chi connectivity index (χ0n) is 3.93. The molecule has 1 heterocycles. The third-order valence-corrected chi connectivity index (χ3v) is 1.41. The van der Waals surface area contributed by atoms with Crippen LogP contribution >= 0.6 is 15.9 Å². The first-order valence-electron chi connectivity index (χ1n) is 2.28. The van der Waals surface area contributed by atoms with E-state index < -0.39 is 0 Å². The van der Waals surface area contributed by atoms with E-state index >= 15 is 0 Å². The average molecular weight is 163 g/mol. The Morgan fingerprint density at radius 3 is 2.86 bits per heavy atom. The van der Waals surface area contributed by atoms with Crippen LogP contribution in [0.4, 0.5) is 0 Å². The summed E-state index contributed by atoms with van der Waals surface area (Å²) in [4.78, 5) is 0.446. The molecular weight excluding hydrogens is 156 g/mol. The molecule has 0 saturated heterocycles. The first-order chi connectivity index (χ1) is 3.39. The summed E-state index contributed by atoms with van der Waals surface area (Å²) >= 11 is 3.38. The molecule has 1 nitrogen and oxygen atoms in total. The third-order valence-electron chi connectivity index (χ3n) is 0.836. The molecule has 1 unspecified atom stereocenters. The van der Waals surface area contributed by atoms with Gasteiger partial charge in [-0.05, 0) is 0 Å². The summed E-state index contributed by atoms with van der Waals surface area (Å²) in [7, 11) is 0. The van der Waals surface area contributed by atoms with E-state index in [1.54, 1.807) is 0 Å². The molecule has 1 atom stereocenters. The minimum Gasteiger partial charge on any atom is -0.376 e. The maximum absolute atomic E-state index is 5.05. The lowest BCUT2D eigenvalue weighted by molar-refractivity contribution is 0.163. The molecule has 7 heavy (non-hydrogen) atoms. The van der Waals surface area contributed by atoms with Crippen LogP contribution in [0.15, 0.2) is 12.2 Å². The molecule has 0 aromatic rings. The van der Waals surface area contributed by atoms with E-state index in [2.05, 4.69) is 22.0 Å². The number of alkyl halides is 1. The first kappa shape index (κ1) is 5.32. The standard InChI is InChI=1S/C5H7BrO/c6-5-2-1-3-7-4-5/h1-2,5H,3-4H2. The maximum Gasteiger partial charge on any atom is 0.0648 e. The molecule has 1 rings (SSSR count). The van der Waals surface area contributed by atoms with E-state index in [-0.39, 0.29) is 0 Å². The summed E-state index contributed by atoms with van der Waals surface area (Å²) in [6.07, 6.45) is 4.12. The molecule has 1 aliphatic heterocycles. The molecule has 0 aromatic heterocycles. The molecule has 40 valence electrons. The van der Waals surface area contributed by atoms with Crippen molar-refractivity contribution in [2.24, 2.45) is 0 Å². The van der Waals surface area contributed by atoms with Crippen molar-refractivity contribution in [1.82, 2.24) is 0 Å². The van der Waals surface area contributed by atoms with Crippen molar-refractivity contribution < 1.29 is 4.74 Å². The molecular formula is C5H7BrO. The lowest BCUT2D eigenvalue weighted by Gasteiger charge is -2.08. The molecule has 0 spiro atoms. The van der Waals surface area contributed by atoms with Crippen LogP contribution < -0.4 is 0 Å². The normalized spacial score (nSPS) is 30.7. The highest BCUT2D eigenvalue weighted by Gasteiger charge is 2.00. The number of ether oxygens (including phenoxy) is 1. The lowest BCUT2D eigenvalue weighted by Crippen LogP contribution is -2.10. The van der Waals surface area contributed by atoms with Crippen molar-refractivity contribution >= 4 is 15.9 Å². The Morgan fingerprint density at radius 2 is 2.57 bits per heavy atom. The molecule has 0 radical (unpaired) electrons. The molecule has 0 amide bonds. The van der Waals surface area contributed by atoms with Gasteiger partial charge in [0.2, 0.25) is 0 Å². The number of halogens is 1. The first-order valence-corrected chi connectivity index (χ1v) is 3.19. The van der Waals surface area contributed by atoms with Gasteiger partial charge in [-0.1, -0.05) is 28.1 Å². The maximum atomic E-state index is 5.05. The van der Waals surface area contributed by atoms with Gasteiger partial charge in [-0.2, -0.15) is 0 Å². The monoisotopic (exact) mass is 162 g/mol. The van der Waals surface area contributed by atoms with Crippen LogP contribution in [-0.2, 0) is 4.74 Å². The SMILES string of the molecule is BrC1C=CCOC1. The van der Waals surface area contributed by atoms with Crippen molar-refractivity contribution in [3.8, 4) is 0 Å². The summed E-state index contributed by atoms with van der Waals surface area (Å²) in [5.41, 5.74) is 0. The number of rotatable bonds is 0. The molecule has 1 aliphatic rings. The van der Waals surface area contributed by atoms with E-state index in [9.17, 15) is 0 Å². The van der Waals surface area contributed by atoms with Gasteiger partial charge in [0.05, 0.1) is 18.0 Å². The van der Waals surface area contributed by atoms with Crippen molar-refractivity contribution in [2.75, 3.05) is 13.2 Å². The highest BCUT2D eigenvalue weighted by atomic mass is 79.9. The largest absolute Gasteiger partial charge is 0.376 e. The zero-order chi connectivity index (χ0) is 5.11. The summed E-state index contributed by atoms with van der Waals surface area (Å²) in [5.74, 6) is 0. The third kappa shape index (κ3) is 1.61. The molecule has 0 aromatic carbocycles. The van der Waals surface area contributed by atoms with Crippen LogP contribution in [0.1, 0.15) is 0 Å². The van der Waals surface area contributed by atoms with E-state index in [0.29, 0.717) is 4.83 Å². The molecule has 2 heteroatoms. The van der Waals surface area contributed by atoms with Gasteiger partial charge in [-0.3, -0.25) is 0 Å². The number of hydrogen-bond acceptors (Lipinski definition) is 1. The highest BCUT2D eigenvalue weighted by molar-refractivity contribution is 9.09. The molecule has 0 fully saturated rings. The molecule has 0 N–H and O–H groups in total. The average Bonchev–Trinajstić information content (AvgIpc) is 1.69. The Labute approximate surface area is 51.5 Å². The van der Waals surface area contributed by atoms with Crippen molar-refractivity contribution in [1.29, 1.82) is 0 Å². The second-order valence-electron chi connectivity index (χ2n) is 1.48. The molecule has 0 aliphatic carbocycles. The van der Waals surface area contributed by atoms with Gasteiger partial charge in [0.25, 0.3) is 0 Å². The van der Waals surface area contributed by atoms with Crippen molar-refractivity contribution in [2.45, 2.75) is 4.83 Å². The topological polar surface area (TPSA) is 9.23 Å². The Bertz CT molecular complexity index is 80.1. The van der Waals surface area contributed by atoms with Gasteiger partial charge in [-0.25, -0.2) is 0 Å². The van der Waals surface area contributed by atoms with Crippen LogP contribution in [0.25, 0.3) is 0 Å². The van der Waals surface area contributed by atoms with Crippen molar-refractivity contribution in [3.63, 3.8) is 0 Å². The van der Waals surface area contributed by atoms with E-state index in [4.69, 9.17) is 4.74 Å². The Balaban J connectivity index is 2.36. The summed E-state index contributed by atoms with van der Waals surface area (Å²) < 4.78 is 5.05. The fraction of sp³-hybridized carbons (Fsp3) is 0.600. The van der Waals surface area contributed by atoms with Crippen molar-refractivity contribution in [3.05, 3.63) is 12.2 Å². The molecule has 0 bridgehead atoms. The van der Waals surface area contributed by atoms with Crippen LogP contribution in [0.2, 0.25) is 0 Å². The van der Waals surface area contributed by atoms with E-state index in [0.717, 1.165) is 13.2 Å². The Hall–Kier alpha value is 0.180. The summed E-state index contributed by atoms with van der Waals surface area (Å²) in [5, 5.41) is 0. The number of hydrogen-bond donors (Lipinski definition) is 0. The molecule has 0 saturated carbocycles. The zero-order valence-corrected chi connectivity index (χ0v) is 5.52. The van der Waals surface area contributed by atoms with Gasteiger partial charge >= 0.3 is 0 Å². The predicted molar refractivity (Wildman–Crippen MR) is 32.7 cm³/mol. The van der Waals surface area contributed by atoms with Gasteiger partial charge in [0.1, 0.15) is 0 Å². The summed E-state index contributed by atoms with van der Waals surface area (Å²) in [6.45, 7) is 1.60. The van der Waals surface area contributed by atoms with Crippen LogP contribution in [0, 0.1) is 0 Å². The van der Waals surface area contributed by atoms with Gasteiger partial charge in [-0.15, -0.1) is 0 Å². The lowest BCUT2D eigenvalue weighted by atomic mass is 10.3. The quantitative estimate of drug-likeness (QED) is 0.386. The minimum atomic E-state index is 0.446. The highest BCUT2D eigenvalue weighted by Crippen LogP contribution is 2.05. The van der Waals surface area contributed by atoms with Gasteiger partial charge in [0, 0.05) is 0 Å².